The van der Waals surface area contributed by atoms with E-state index in [4.69, 9.17) is 4.42 Å². The van der Waals surface area contributed by atoms with E-state index in [0.29, 0.717) is 0 Å². The van der Waals surface area contributed by atoms with Crippen molar-refractivity contribution in [2.45, 2.75) is 0 Å². The molecule has 0 unspecified atom stereocenters. The smallest absolute Gasteiger partial charge is 0.344 e. The highest BCUT2D eigenvalue weighted by atomic mass is 19.1. The Labute approximate surface area is 127 Å². The summed E-state index contributed by atoms with van der Waals surface area (Å²) in [6.07, 6.45) is 0. The zero-order valence-electron chi connectivity index (χ0n) is 11.4. The van der Waals surface area contributed by atoms with E-state index in [0.717, 1.165) is 36.4 Å². The van der Waals surface area contributed by atoms with Gasteiger partial charge in [-0.1, -0.05) is 6.07 Å². The number of anilines is 1. The van der Waals surface area contributed by atoms with Gasteiger partial charge in [0.25, 0.3) is 5.91 Å². The first kappa shape index (κ1) is 14.8. The molecule has 7 heteroatoms. The van der Waals surface area contributed by atoms with Crippen LogP contribution in [0.15, 0.2) is 51.7 Å². The molecule has 0 radical (unpaired) electrons. The summed E-state index contributed by atoms with van der Waals surface area (Å²) in [7, 11) is 0. The molecule has 0 bridgehead atoms. The Kier molecular flexibility index (Phi) is 3.61. The van der Waals surface area contributed by atoms with Gasteiger partial charge in [0.1, 0.15) is 23.1 Å². The normalized spacial score (nSPS) is 10.7. The molecule has 0 saturated carbocycles. The topological polar surface area (TPSA) is 59.3 Å². The van der Waals surface area contributed by atoms with Gasteiger partial charge >= 0.3 is 5.63 Å². The van der Waals surface area contributed by atoms with Crippen LogP contribution in [0.3, 0.4) is 0 Å². The molecule has 3 rings (SSSR count). The van der Waals surface area contributed by atoms with Gasteiger partial charge in [0.05, 0.1) is 5.39 Å². The van der Waals surface area contributed by atoms with Crippen molar-refractivity contribution in [2.75, 3.05) is 5.32 Å². The Bertz CT molecular complexity index is 962. The molecule has 0 atom stereocenters. The van der Waals surface area contributed by atoms with Crippen LogP contribution in [0, 0.1) is 17.5 Å². The lowest BCUT2D eigenvalue weighted by Gasteiger charge is -2.07. The van der Waals surface area contributed by atoms with Crippen molar-refractivity contribution < 1.29 is 22.4 Å². The summed E-state index contributed by atoms with van der Waals surface area (Å²) in [5, 5.41) is 2.21. The fourth-order valence-corrected chi connectivity index (χ4v) is 2.07. The van der Waals surface area contributed by atoms with Gasteiger partial charge in [-0.3, -0.25) is 4.79 Å². The summed E-state index contributed by atoms with van der Waals surface area (Å²) in [5.41, 5.74) is -1.53. The Hall–Kier alpha value is -3.09. The second kappa shape index (κ2) is 5.60. The van der Waals surface area contributed by atoms with E-state index >= 15 is 0 Å². The van der Waals surface area contributed by atoms with Crippen LogP contribution in [0.2, 0.25) is 0 Å². The van der Waals surface area contributed by atoms with Crippen LogP contribution in [0.5, 0.6) is 0 Å². The molecular formula is C16H8F3NO3. The number of carbonyl (C=O) groups excluding carboxylic acids is 1. The summed E-state index contributed by atoms with van der Waals surface area (Å²) < 4.78 is 45.1. The molecule has 116 valence electrons. The van der Waals surface area contributed by atoms with E-state index in [2.05, 4.69) is 0 Å². The van der Waals surface area contributed by atoms with E-state index in [-0.39, 0.29) is 10.8 Å². The van der Waals surface area contributed by atoms with Gasteiger partial charge in [-0.15, -0.1) is 0 Å². The molecule has 23 heavy (non-hydrogen) atoms. The molecule has 0 fully saturated rings. The minimum absolute atomic E-state index is 0.0834. The molecular weight excluding hydrogens is 311 g/mol. The van der Waals surface area contributed by atoms with Gasteiger partial charge in [0.2, 0.25) is 0 Å². The number of fused-ring (bicyclic) bond motifs is 1. The third-order valence-electron chi connectivity index (χ3n) is 3.15. The Morgan fingerprint density at radius 1 is 1.00 bits per heavy atom. The highest BCUT2D eigenvalue weighted by Crippen LogP contribution is 2.20. The number of carbonyl (C=O) groups is 1. The number of hydrogen-bond donors (Lipinski definition) is 1. The van der Waals surface area contributed by atoms with Crippen LogP contribution in [0.4, 0.5) is 18.9 Å². The van der Waals surface area contributed by atoms with E-state index in [9.17, 15) is 22.8 Å². The first-order valence-electron chi connectivity index (χ1n) is 6.44. The Balaban J connectivity index is 2.03. The second-order valence-corrected chi connectivity index (χ2v) is 4.68. The summed E-state index contributed by atoms with van der Waals surface area (Å²) in [5.74, 6) is -4.08. The molecule has 0 aliphatic carbocycles. The number of nitrogens with one attached hydrogen (secondary N) is 1. The van der Waals surface area contributed by atoms with E-state index in [1.807, 2.05) is 5.32 Å². The molecule has 4 nitrogen and oxygen atoms in total. The van der Waals surface area contributed by atoms with E-state index in [1.54, 1.807) is 0 Å². The van der Waals surface area contributed by atoms with Gasteiger partial charge in [0.15, 0.2) is 5.76 Å². The van der Waals surface area contributed by atoms with Crippen LogP contribution < -0.4 is 10.9 Å². The quantitative estimate of drug-likeness (QED) is 0.787. The second-order valence-electron chi connectivity index (χ2n) is 4.68. The zero-order valence-corrected chi connectivity index (χ0v) is 11.4. The van der Waals surface area contributed by atoms with Gasteiger partial charge < -0.3 is 9.73 Å². The van der Waals surface area contributed by atoms with Gasteiger partial charge in [-0.2, -0.15) is 0 Å². The van der Waals surface area contributed by atoms with Crippen molar-refractivity contribution >= 4 is 22.4 Å². The Morgan fingerprint density at radius 3 is 2.39 bits per heavy atom. The van der Waals surface area contributed by atoms with Gasteiger partial charge in [-0.25, -0.2) is 18.0 Å². The highest BCUT2D eigenvalue weighted by molar-refractivity contribution is 6.04. The van der Waals surface area contributed by atoms with Gasteiger partial charge in [-0.05, 0) is 41.8 Å². The number of amides is 1. The lowest BCUT2D eigenvalue weighted by molar-refractivity contribution is 0.0992. The number of halogens is 3. The molecule has 0 saturated heterocycles. The summed E-state index contributed by atoms with van der Waals surface area (Å²) in [6, 6.07) is 7.53. The van der Waals surface area contributed by atoms with Crippen LogP contribution in [-0.2, 0) is 0 Å². The number of hydrogen-bond acceptors (Lipinski definition) is 3. The molecule has 1 amide bonds. The maximum absolute atomic E-state index is 13.5. The van der Waals surface area contributed by atoms with Crippen molar-refractivity contribution in [3.05, 3.63) is 76.1 Å². The first-order valence-corrected chi connectivity index (χ1v) is 6.44. The van der Waals surface area contributed by atoms with E-state index < -0.39 is 40.4 Å². The third kappa shape index (κ3) is 2.80. The third-order valence-corrected chi connectivity index (χ3v) is 3.15. The van der Waals surface area contributed by atoms with Crippen molar-refractivity contribution in [2.24, 2.45) is 0 Å². The summed E-state index contributed by atoms with van der Waals surface area (Å²) in [4.78, 5) is 23.8. The molecule has 0 spiro atoms. The monoisotopic (exact) mass is 319 g/mol. The molecule has 1 heterocycles. The average Bonchev–Trinajstić information content (AvgIpc) is 2.50. The Morgan fingerprint density at radius 2 is 1.70 bits per heavy atom. The summed E-state index contributed by atoms with van der Waals surface area (Å²) in [6.45, 7) is 0. The van der Waals surface area contributed by atoms with Crippen LogP contribution >= 0.6 is 0 Å². The van der Waals surface area contributed by atoms with Crippen LogP contribution in [0.1, 0.15) is 10.6 Å². The molecule has 1 aromatic heterocycles. The minimum Gasteiger partial charge on any atom is -0.417 e. The average molecular weight is 319 g/mol. The molecule has 1 N–H and O–H groups in total. The molecule has 2 aromatic carbocycles. The number of benzene rings is 2. The molecule has 3 aromatic rings. The first-order chi connectivity index (χ1) is 11.0. The standard InChI is InChI=1S/C16H8F3NO3/c17-9-4-5-10-8(6-9)7-13(23-16(10)22)15(21)20-14-11(18)2-1-3-12(14)19/h1-7H,(H,20,21). The van der Waals surface area contributed by atoms with Crippen LogP contribution in [-0.4, -0.2) is 5.91 Å². The van der Waals surface area contributed by atoms with Crippen molar-refractivity contribution in [3.63, 3.8) is 0 Å². The maximum atomic E-state index is 13.5. The van der Waals surface area contributed by atoms with Crippen LogP contribution in [0.25, 0.3) is 10.8 Å². The minimum atomic E-state index is -1.03. The zero-order chi connectivity index (χ0) is 16.6. The van der Waals surface area contributed by atoms with Crippen molar-refractivity contribution in [1.82, 2.24) is 0 Å². The van der Waals surface area contributed by atoms with E-state index in [1.165, 1.54) is 6.07 Å². The highest BCUT2D eigenvalue weighted by Gasteiger charge is 2.17. The number of rotatable bonds is 2. The lowest BCUT2D eigenvalue weighted by Crippen LogP contribution is -2.16. The SMILES string of the molecule is O=C(Nc1c(F)cccc1F)c1cc2cc(F)ccc2c(=O)o1. The largest absolute Gasteiger partial charge is 0.417 e. The fourth-order valence-electron chi connectivity index (χ4n) is 2.07. The predicted molar refractivity (Wildman–Crippen MR) is 76.8 cm³/mol. The van der Waals surface area contributed by atoms with Gasteiger partial charge in [0, 0.05) is 0 Å². The fraction of sp³-hybridized carbons (Fsp3) is 0. The van der Waals surface area contributed by atoms with Crippen molar-refractivity contribution in [3.8, 4) is 0 Å². The number of para-hydroxylation sites is 1. The lowest BCUT2D eigenvalue weighted by atomic mass is 10.1. The van der Waals surface area contributed by atoms with Crippen molar-refractivity contribution in [1.29, 1.82) is 0 Å². The molecule has 0 aliphatic heterocycles. The molecule has 0 aliphatic rings. The maximum Gasteiger partial charge on any atom is 0.344 e. The predicted octanol–water partition coefficient (Wildman–Crippen LogP) is 3.46. The summed E-state index contributed by atoms with van der Waals surface area (Å²) >= 11 is 0.